The maximum atomic E-state index is 12.0. The van der Waals surface area contributed by atoms with E-state index in [1.807, 2.05) is 0 Å². The molecule has 0 unspecified atom stereocenters. The molecule has 2 aliphatic rings. The molecule has 2 N–H and O–H groups in total. The molecule has 0 spiro atoms. The van der Waals surface area contributed by atoms with Crippen LogP contribution in [0.3, 0.4) is 0 Å². The van der Waals surface area contributed by atoms with Crippen molar-refractivity contribution in [3.8, 4) is 0 Å². The Morgan fingerprint density at radius 1 is 1.08 bits per heavy atom. The first kappa shape index (κ1) is 20.4. The summed E-state index contributed by atoms with van der Waals surface area (Å²) in [6.45, 7) is 7.86. The molecule has 148 valence electrons. The van der Waals surface area contributed by atoms with Gasteiger partial charge < -0.3 is 25.0 Å². The second-order valence-corrected chi connectivity index (χ2v) is 6.50. The Balaban J connectivity index is 1.57. The van der Waals surface area contributed by atoms with Crippen LogP contribution in [0.2, 0.25) is 0 Å². The Hall–Kier alpha value is -1.87. The fourth-order valence-corrected chi connectivity index (χ4v) is 3.08. The summed E-state index contributed by atoms with van der Waals surface area (Å²) < 4.78 is 10.2. The molecule has 0 aromatic heterocycles. The third-order valence-corrected chi connectivity index (χ3v) is 4.60. The maximum absolute atomic E-state index is 12.0. The zero-order valence-electron chi connectivity index (χ0n) is 15.5. The quantitative estimate of drug-likeness (QED) is 0.486. The molecule has 3 amide bonds. The molecule has 0 atom stereocenters. The van der Waals surface area contributed by atoms with E-state index in [0.717, 1.165) is 39.3 Å². The number of ether oxygens (including phenoxy) is 2. The first-order valence-corrected chi connectivity index (χ1v) is 9.40. The highest BCUT2D eigenvalue weighted by Crippen LogP contribution is 2.11. The Labute approximate surface area is 154 Å². The largest absolute Gasteiger partial charge is 0.450 e. The van der Waals surface area contributed by atoms with Crippen LogP contribution in [0, 0.1) is 0 Å². The van der Waals surface area contributed by atoms with Crippen molar-refractivity contribution >= 4 is 17.9 Å². The van der Waals surface area contributed by atoms with Crippen molar-refractivity contribution < 1.29 is 23.9 Å². The average molecular weight is 370 g/mol. The predicted octanol–water partition coefficient (Wildman–Crippen LogP) is -0.438. The molecule has 9 nitrogen and oxygen atoms in total. The van der Waals surface area contributed by atoms with Gasteiger partial charge >= 0.3 is 17.9 Å². The van der Waals surface area contributed by atoms with Crippen LogP contribution >= 0.6 is 0 Å². The van der Waals surface area contributed by atoms with Crippen LogP contribution in [0.5, 0.6) is 0 Å². The molecule has 0 radical (unpaired) electrons. The number of nitrogens with zero attached hydrogens (tertiary/aromatic N) is 2. The molecule has 26 heavy (non-hydrogen) atoms. The van der Waals surface area contributed by atoms with Gasteiger partial charge in [-0.2, -0.15) is 0 Å². The van der Waals surface area contributed by atoms with Gasteiger partial charge in [-0.25, -0.2) is 4.79 Å². The molecule has 2 saturated heterocycles. The normalized spacial score (nSPS) is 19.0. The van der Waals surface area contributed by atoms with E-state index in [4.69, 9.17) is 9.47 Å². The minimum atomic E-state index is -0.606. The number of nitrogens with one attached hydrogen (secondary N) is 2. The fourth-order valence-electron chi connectivity index (χ4n) is 3.08. The van der Waals surface area contributed by atoms with Crippen molar-refractivity contribution in [1.29, 1.82) is 0 Å². The molecule has 2 fully saturated rings. The maximum Gasteiger partial charge on any atom is 0.409 e. The summed E-state index contributed by atoms with van der Waals surface area (Å²) in [4.78, 5) is 39.4. The third-order valence-electron chi connectivity index (χ3n) is 4.60. The van der Waals surface area contributed by atoms with E-state index in [9.17, 15) is 14.4 Å². The van der Waals surface area contributed by atoms with Crippen LogP contribution in [-0.4, -0.2) is 92.8 Å². The van der Waals surface area contributed by atoms with E-state index in [2.05, 4.69) is 15.5 Å². The summed E-state index contributed by atoms with van der Waals surface area (Å²) >= 11 is 0. The Kier molecular flexibility index (Phi) is 8.63. The molecular weight excluding hydrogens is 340 g/mol. The van der Waals surface area contributed by atoms with E-state index in [0.29, 0.717) is 39.1 Å². The van der Waals surface area contributed by atoms with Gasteiger partial charge in [0.15, 0.2) is 0 Å². The van der Waals surface area contributed by atoms with Gasteiger partial charge in [-0.3, -0.25) is 14.5 Å². The third kappa shape index (κ3) is 6.80. The highest BCUT2D eigenvalue weighted by molar-refractivity contribution is 6.35. The van der Waals surface area contributed by atoms with E-state index < -0.39 is 11.8 Å². The van der Waals surface area contributed by atoms with Crippen molar-refractivity contribution in [2.45, 2.75) is 32.2 Å². The van der Waals surface area contributed by atoms with Crippen LogP contribution < -0.4 is 10.6 Å². The fraction of sp³-hybridized carbons (Fsp3) is 0.824. The molecule has 2 aliphatic heterocycles. The lowest BCUT2D eigenvalue weighted by Crippen LogP contribution is -2.50. The van der Waals surface area contributed by atoms with Crippen LogP contribution in [0.1, 0.15) is 26.2 Å². The van der Waals surface area contributed by atoms with Gasteiger partial charge in [0.2, 0.25) is 0 Å². The summed E-state index contributed by atoms with van der Waals surface area (Å²) in [6, 6.07) is -0.0905. The van der Waals surface area contributed by atoms with E-state index in [1.165, 1.54) is 0 Å². The zero-order valence-corrected chi connectivity index (χ0v) is 15.5. The standard InChI is InChI=1S/C17H30N4O5/c1-2-26-17(24)21-8-4-14(5-9-21)19-16(23)15(22)18-6-3-7-20-10-12-25-13-11-20/h14H,2-13H2,1H3,(H,18,22)(H,19,23). The number of likely N-dealkylation sites (tertiary alicyclic amines) is 1. The molecule has 9 heteroatoms. The molecule has 0 aromatic carbocycles. The smallest absolute Gasteiger partial charge is 0.409 e. The number of amides is 3. The second-order valence-electron chi connectivity index (χ2n) is 6.50. The van der Waals surface area contributed by atoms with Crippen LogP contribution in [-0.2, 0) is 19.1 Å². The molecule has 0 bridgehead atoms. The number of piperidine rings is 1. The number of hydrogen-bond acceptors (Lipinski definition) is 6. The van der Waals surface area contributed by atoms with Gasteiger partial charge in [0, 0.05) is 38.8 Å². The average Bonchev–Trinajstić information content (AvgIpc) is 2.66. The minimum absolute atomic E-state index is 0.0905. The highest BCUT2D eigenvalue weighted by Gasteiger charge is 2.26. The second kappa shape index (κ2) is 11.0. The minimum Gasteiger partial charge on any atom is -0.450 e. The lowest BCUT2D eigenvalue weighted by molar-refractivity contribution is -0.139. The van der Waals surface area contributed by atoms with Crippen LogP contribution in [0.4, 0.5) is 4.79 Å². The van der Waals surface area contributed by atoms with Crippen LogP contribution in [0.15, 0.2) is 0 Å². The SMILES string of the molecule is CCOC(=O)N1CCC(NC(=O)C(=O)NCCCN2CCOCC2)CC1. The predicted molar refractivity (Wildman–Crippen MR) is 94.6 cm³/mol. The van der Waals surface area contributed by atoms with Gasteiger partial charge in [0.05, 0.1) is 19.8 Å². The molecule has 0 aliphatic carbocycles. The Morgan fingerprint density at radius 2 is 1.77 bits per heavy atom. The van der Waals surface area contributed by atoms with Gasteiger partial charge in [-0.15, -0.1) is 0 Å². The highest BCUT2D eigenvalue weighted by atomic mass is 16.6. The monoisotopic (exact) mass is 370 g/mol. The van der Waals surface area contributed by atoms with Crippen molar-refractivity contribution in [3.05, 3.63) is 0 Å². The number of carbonyl (C=O) groups is 3. The number of rotatable bonds is 6. The van der Waals surface area contributed by atoms with Crippen molar-refractivity contribution in [3.63, 3.8) is 0 Å². The van der Waals surface area contributed by atoms with E-state index in [1.54, 1.807) is 11.8 Å². The lowest BCUT2D eigenvalue weighted by Gasteiger charge is -2.31. The summed E-state index contributed by atoms with van der Waals surface area (Å²) in [5.41, 5.74) is 0. The Morgan fingerprint density at radius 3 is 2.42 bits per heavy atom. The topological polar surface area (TPSA) is 100 Å². The molecule has 2 heterocycles. The Bertz CT molecular complexity index is 474. The molecule has 2 rings (SSSR count). The van der Waals surface area contributed by atoms with Crippen molar-refractivity contribution in [2.24, 2.45) is 0 Å². The summed E-state index contributed by atoms with van der Waals surface area (Å²) in [6.07, 6.45) is 1.72. The van der Waals surface area contributed by atoms with Gasteiger partial charge in [-0.05, 0) is 32.7 Å². The summed E-state index contributed by atoms with van der Waals surface area (Å²) in [5.74, 6) is -1.20. The van der Waals surface area contributed by atoms with E-state index >= 15 is 0 Å². The lowest BCUT2D eigenvalue weighted by atomic mass is 10.1. The van der Waals surface area contributed by atoms with Gasteiger partial charge in [0.25, 0.3) is 0 Å². The number of carbonyl (C=O) groups excluding carboxylic acids is 3. The van der Waals surface area contributed by atoms with Crippen LogP contribution in [0.25, 0.3) is 0 Å². The summed E-state index contributed by atoms with van der Waals surface area (Å²) in [7, 11) is 0. The number of morpholine rings is 1. The first-order chi connectivity index (χ1) is 12.6. The van der Waals surface area contributed by atoms with Crippen molar-refractivity contribution in [2.75, 3.05) is 59.1 Å². The molecular formula is C17H30N4O5. The summed E-state index contributed by atoms with van der Waals surface area (Å²) in [5, 5.41) is 5.41. The molecule has 0 aromatic rings. The zero-order chi connectivity index (χ0) is 18.8. The van der Waals surface area contributed by atoms with E-state index in [-0.39, 0.29) is 12.1 Å². The first-order valence-electron chi connectivity index (χ1n) is 9.40. The van der Waals surface area contributed by atoms with Gasteiger partial charge in [-0.1, -0.05) is 0 Å². The number of hydrogen-bond donors (Lipinski definition) is 2. The van der Waals surface area contributed by atoms with Crippen molar-refractivity contribution in [1.82, 2.24) is 20.4 Å². The molecule has 0 saturated carbocycles. The van der Waals surface area contributed by atoms with Gasteiger partial charge in [0.1, 0.15) is 0 Å².